The molecule has 0 saturated heterocycles. The van der Waals surface area contributed by atoms with Crippen molar-refractivity contribution < 1.29 is 13.2 Å². The highest BCUT2D eigenvalue weighted by Crippen LogP contribution is 2.21. The molecule has 1 N–H and O–H groups in total. The van der Waals surface area contributed by atoms with E-state index in [4.69, 9.17) is 4.74 Å². The standard InChI is InChI=1S/C16H19NO3S/c1-12(2)20-15-6-4-5-14(11-15)17-21(18,19)16-9-7-13(3)8-10-16/h4-12,17H,1-3H3. The molecule has 0 radical (unpaired) electrons. The zero-order valence-electron chi connectivity index (χ0n) is 12.3. The van der Waals surface area contributed by atoms with Gasteiger partial charge in [0.15, 0.2) is 0 Å². The fourth-order valence-electron chi connectivity index (χ4n) is 1.84. The number of hydrogen-bond acceptors (Lipinski definition) is 3. The first-order valence-electron chi connectivity index (χ1n) is 6.73. The largest absolute Gasteiger partial charge is 0.491 e. The molecule has 0 aliphatic rings. The Hall–Kier alpha value is -2.01. The summed E-state index contributed by atoms with van der Waals surface area (Å²) in [5.41, 5.74) is 1.50. The molecule has 0 spiro atoms. The van der Waals surface area contributed by atoms with Gasteiger partial charge in [-0.05, 0) is 45.0 Å². The van der Waals surface area contributed by atoms with Crippen LogP contribution in [0.4, 0.5) is 5.69 Å². The molecular weight excluding hydrogens is 286 g/mol. The van der Waals surface area contributed by atoms with Gasteiger partial charge in [0.1, 0.15) is 5.75 Å². The Morgan fingerprint density at radius 2 is 1.71 bits per heavy atom. The molecule has 0 amide bonds. The molecule has 0 aliphatic carbocycles. The second-order valence-electron chi connectivity index (χ2n) is 5.11. The van der Waals surface area contributed by atoms with E-state index in [0.29, 0.717) is 11.4 Å². The monoisotopic (exact) mass is 305 g/mol. The van der Waals surface area contributed by atoms with Crippen LogP contribution in [0.25, 0.3) is 0 Å². The van der Waals surface area contributed by atoms with Crippen LogP contribution in [0.2, 0.25) is 0 Å². The average molecular weight is 305 g/mol. The molecule has 112 valence electrons. The molecule has 0 saturated carbocycles. The molecule has 0 atom stereocenters. The minimum absolute atomic E-state index is 0.0361. The Bertz CT molecular complexity index is 707. The van der Waals surface area contributed by atoms with Crippen LogP contribution in [0.5, 0.6) is 5.75 Å². The van der Waals surface area contributed by atoms with Gasteiger partial charge >= 0.3 is 0 Å². The first kappa shape index (κ1) is 15.4. The third-order valence-electron chi connectivity index (χ3n) is 2.79. The summed E-state index contributed by atoms with van der Waals surface area (Å²) in [6.07, 6.45) is 0.0361. The van der Waals surface area contributed by atoms with Crippen LogP contribution in [-0.2, 0) is 10.0 Å². The van der Waals surface area contributed by atoms with Crippen molar-refractivity contribution >= 4 is 15.7 Å². The lowest BCUT2D eigenvalue weighted by Crippen LogP contribution is -2.13. The third-order valence-corrected chi connectivity index (χ3v) is 4.19. The number of sulfonamides is 1. The van der Waals surface area contributed by atoms with Gasteiger partial charge < -0.3 is 4.74 Å². The summed E-state index contributed by atoms with van der Waals surface area (Å²) >= 11 is 0. The number of nitrogens with one attached hydrogen (secondary N) is 1. The van der Waals surface area contributed by atoms with E-state index in [2.05, 4.69) is 4.72 Å². The molecular formula is C16H19NO3S. The van der Waals surface area contributed by atoms with Gasteiger partial charge in [0, 0.05) is 6.07 Å². The zero-order valence-corrected chi connectivity index (χ0v) is 13.1. The number of ether oxygens (including phenoxy) is 1. The lowest BCUT2D eigenvalue weighted by Gasteiger charge is -2.12. The molecule has 0 bridgehead atoms. The summed E-state index contributed by atoms with van der Waals surface area (Å²) in [6, 6.07) is 13.6. The highest BCUT2D eigenvalue weighted by molar-refractivity contribution is 7.92. The third kappa shape index (κ3) is 4.23. The fraction of sp³-hybridized carbons (Fsp3) is 0.250. The number of anilines is 1. The van der Waals surface area contributed by atoms with Crippen LogP contribution in [0.15, 0.2) is 53.4 Å². The van der Waals surface area contributed by atoms with Crippen molar-refractivity contribution in [1.29, 1.82) is 0 Å². The average Bonchev–Trinajstić information content (AvgIpc) is 2.38. The van der Waals surface area contributed by atoms with Crippen molar-refractivity contribution in [1.82, 2.24) is 0 Å². The van der Waals surface area contributed by atoms with Gasteiger partial charge in [0.25, 0.3) is 10.0 Å². The molecule has 0 aromatic heterocycles. The maximum absolute atomic E-state index is 12.3. The normalized spacial score (nSPS) is 11.4. The molecule has 0 unspecified atom stereocenters. The summed E-state index contributed by atoms with van der Waals surface area (Å²) in [5, 5.41) is 0. The maximum atomic E-state index is 12.3. The van der Waals surface area contributed by atoms with Crippen molar-refractivity contribution in [2.75, 3.05) is 4.72 Å². The number of aryl methyl sites for hydroxylation is 1. The number of hydrogen-bond donors (Lipinski definition) is 1. The van der Waals surface area contributed by atoms with Crippen LogP contribution in [-0.4, -0.2) is 14.5 Å². The quantitative estimate of drug-likeness (QED) is 0.918. The lowest BCUT2D eigenvalue weighted by atomic mass is 10.2. The summed E-state index contributed by atoms with van der Waals surface area (Å²) in [5.74, 6) is 0.633. The maximum Gasteiger partial charge on any atom is 0.261 e. The SMILES string of the molecule is Cc1ccc(S(=O)(=O)Nc2cccc(OC(C)C)c2)cc1. The number of rotatable bonds is 5. The topological polar surface area (TPSA) is 55.4 Å². The van der Waals surface area contributed by atoms with Crippen molar-refractivity contribution in [2.45, 2.75) is 31.8 Å². The van der Waals surface area contributed by atoms with Gasteiger partial charge in [-0.25, -0.2) is 8.42 Å². The molecule has 2 rings (SSSR count). The first-order chi connectivity index (χ1) is 9.87. The fourth-order valence-corrected chi connectivity index (χ4v) is 2.89. The first-order valence-corrected chi connectivity index (χ1v) is 8.21. The van der Waals surface area contributed by atoms with Gasteiger partial charge in [-0.3, -0.25) is 4.72 Å². The van der Waals surface area contributed by atoms with Crippen molar-refractivity contribution in [3.63, 3.8) is 0 Å². The molecule has 5 heteroatoms. The van der Waals surface area contributed by atoms with E-state index in [1.54, 1.807) is 48.5 Å². The summed E-state index contributed by atoms with van der Waals surface area (Å²) < 4.78 is 32.7. The van der Waals surface area contributed by atoms with Gasteiger partial charge in [-0.1, -0.05) is 23.8 Å². The van der Waals surface area contributed by atoms with E-state index >= 15 is 0 Å². The zero-order chi connectivity index (χ0) is 15.5. The smallest absolute Gasteiger partial charge is 0.261 e. The second kappa shape index (κ2) is 6.18. The van der Waals surface area contributed by atoms with Crippen molar-refractivity contribution in [3.8, 4) is 5.75 Å². The van der Waals surface area contributed by atoms with Gasteiger partial charge in [0.2, 0.25) is 0 Å². The van der Waals surface area contributed by atoms with E-state index in [-0.39, 0.29) is 11.0 Å². The Kier molecular flexibility index (Phi) is 4.53. The van der Waals surface area contributed by atoms with Gasteiger partial charge in [0.05, 0.1) is 16.7 Å². The molecule has 2 aromatic carbocycles. The lowest BCUT2D eigenvalue weighted by molar-refractivity contribution is 0.242. The number of benzene rings is 2. The van der Waals surface area contributed by atoms with Crippen molar-refractivity contribution in [3.05, 3.63) is 54.1 Å². The van der Waals surface area contributed by atoms with E-state index < -0.39 is 10.0 Å². The van der Waals surface area contributed by atoms with Crippen molar-refractivity contribution in [2.24, 2.45) is 0 Å². The highest BCUT2D eigenvalue weighted by atomic mass is 32.2. The van der Waals surface area contributed by atoms with E-state index in [1.165, 1.54) is 0 Å². The van der Waals surface area contributed by atoms with Crippen LogP contribution in [0, 0.1) is 6.92 Å². The predicted octanol–water partition coefficient (Wildman–Crippen LogP) is 3.58. The van der Waals surface area contributed by atoms with E-state index in [9.17, 15) is 8.42 Å². The summed E-state index contributed by atoms with van der Waals surface area (Å²) in [4.78, 5) is 0.239. The minimum Gasteiger partial charge on any atom is -0.491 e. The summed E-state index contributed by atoms with van der Waals surface area (Å²) in [7, 11) is -3.58. The molecule has 0 aliphatic heterocycles. The van der Waals surface area contributed by atoms with E-state index in [1.807, 2.05) is 20.8 Å². The van der Waals surface area contributed by atoms with E-state index in [0.717, 1.165) is 5.56 Å². The Morgan fingerprint density at radius 3 is 2.33 bits per heavy atom. The Morgan fingerprint density at radius 1 is 1.05 bits per heavy atom. The second-order valence-corrected chi connectivity index (χ2v) is 6.80. The van der Waals surface area contributed by atoms with Gasteiger partial charge in [-0.15, -0.1) is 0 Å². The molecule has 4 nitrogen and oxygen atoms in total. The van der Waals surface area contributed by atoms with Gasteiger partial charge in [-0.2, -0.15) is 0 Å². The van der Waals surface area contributed by atoms with Crippen LogP contribution < -0.4 is 9.46 Å². The molecule has 2 aromatic rings. The molecule has 21 heavy (non-hydrogen) atoms. The molecule has 0 fully saturated rings. The molecule has 0 heterocycles. The highest BCUT2D eigenvalue weighted by Gasteiger charge is 2.14. The minimum atomic E-state index is -3.58. The summed E-state index contributed by atoms with van der Waals surface area (Å²) in [6.45, 7) is 5.75. The van der Waals surface area contributed by atoms with Crippen LogP contribution in [0.3, 0.4) is 0 Å². The Labute approximate surface area is 125 Å². The Balaban J connectivity index is 2.22. The van der Waals surface area contributed by atoms with Crippen LogP contribution in [0.1, 0.15) is 19.4 Å². The van der Waals surface area contributed by atoms with Crippen LogP contribution >= 0.6 is 0 Å². The predicted molar refractivity (Wildman–Crippen MR) is 84.2 cm³/mol.